The largest absolute Gasteiger partial charge is 0.444 e. The van der Waals surface area contributed by atoms with Crippen LogP contribution in [-0.4, -0.2) is 81.2 Å². The fourth-order valence-corrected chi connectivity index (χ4v) is 4.58. The number of nitrogens with zero attached hydrogens (tertiary/aromatic N) is 4. The van der Waals surface area contributed by atoms with Crippen molar-refractivity contribution in [2.45, 2.75) is 110 Å². The van der Waals surface area contributed by atoms with Crippen molar-refractivity contribution in [3.63, 3.8) is 0 Å². The van der Waals surface area contributed by atoms with Crippen molar-refractivity contribution in [2.24, 2.45) is 21.8 Å². The fourth-order valence-electron chi connectivity index (χ4n) is 4.58. The lowest BCUT2D eigenvalue weighted by Gasteiger charge is -2.35. The first-order chi connectivity index (χ1) is 20.1. The summed E-state index contributed by atoms with van der Waals surface area (Å²) in [5, 5.41) is 15.5. The van der Waals surface area contributed by atoms with E-state index >= 15 is 0 Å². The number of oxime groups is 2. The van der Waals surface area contributed by atoms with Gasteiger partial charge in [0.15, 0.2) is 11.7 Å². The molecule has 1 aromatic carbocycles. The number of amidine groups is 2. The van der Waals surface area contributed by atoms with Crippen LogP contribution in [0, 0.1) is 0 Å². The summed E-state index contributed by atoms with van der Waals surface area (Å²) in [7, 11) is 0. The lowest BCUT2D eigenvalue weighted by Crippen LogP contribution is -2.52. The van der Waals surface area contributed by atoms with E-state index in [1.54, 1.807) is 4.90 Å². The van der Waals surface area contributed by atoms with Crippen molar-refractivity contribution in [3.05, 3.63) is 35.9 Å². The van der Waals surface area contributed by atoms with Crippen LogP contribution in [0.5, 0.6) is 0 Å². The maximum atomic E-state index is 12.4. The Bertz CT molecular complexity index is 1130. The van der Waals surface area contributed by atoms with Crippen molar-refractivity contribution < 1.29 is 33.9 Å². The molecule has 1 aromatic rings. The van der Waals surface area contributed by atoms with E-state index in [1.165, 1.54) is 4.90 Å². The molecule has 2 heterocycles. The lowest BCUT2D eigenvalue weighted by atomic mass is 10.0. The van der Waals surface area contributed by atoms with Crippen LogP contribution < -0.4 is 11.5 Å². The molecular weight excluding hydrogens is 556 g/mol. The van der Waals surface area contributed by atoms with E-state index in [-0.39, 0.29) is 24.1 Å². The summed E-state index contributed by atoms with van der Waals surface area (Å²) in [5.74, 6) is -0.327. The molecule has 13 heteroatoms. The molecule has 0 aromatic heterocycles. The van der Waals surface area contributed by atoms with E-state index in [0.29, 0.717) is 25.9 Å². The van der Waals surface area contributed by atoms with Crippen LogP contribution in [0.25, 0.3) is 0 Å². The molecule has 2 aliphatic rings. The second-order valence-corrected chi connectivity index (χ2v) is 12.5. The fraction of sp³-hybridized carbons (Fsp3) is 0.633. The van der Waals surface area contributed by atoms with Crippen LogP contribution in [0.3, 0.4) is 0 Å². The molecule has 0 saturated carbocycles. The molecule has 5 N–H and O–H groups in total. The predicted molar refractivity (Wildman–Crippen MR) is 162 cm³/mol. The van der Waals surface area contributed by atoms with E-state index in [9.17, 15) is 14.4 Å². The van der Waals surface area contributed by atoms with Gasteiger partial charge in [0.1, 0.15) is 11.2 Å². The number of piperidine rings is 2. The van der Waals surface area contributed by atoms with Crippen LogP contribution in [0.2, 0.25) is 0 Å². The Morgan fingerprint density at radius 1 is 0.814 bits per heavy atom. The van der Waals surface area contributed by atoms with E-state index in [2.05, 4.69) is 10.3 Å². The molecular formula is C30H48N6O7. The summed E-state index contributed by atoms with van der Waals surface area (Å²) in [4.78, 5) is 44.3. The third-order valence-electron chi connectivity index (χ3n) is 6.50. The predicted octanol–water partition coefficient (Wildman–Crippen LogP) is 4.36. The smallest absolute Gasteiger partial charge is 0.410 e. The van der Waals surface area contributed by atoms with Gasteiger partial charge >= 0.3 is 18.2 Å². The van der Waals surface area contributed by atoms with E-state index in [4.69, 9.17) is 31.0 Å². The quantitative estimate of drug-likeness (QED) is 0.145. The summed E-state index contributed by atoms with van der Waals surface area (Å²) in [6.45, 7) is 12.0. The average Bonchev–Trinajstić information content (AvgIpc) is 2.94. The monoisotopic (exact) mass is 604 g/mol. The number of amides is 2. The second-order valence-electron chi connectivity index (χ2n) is 12.5. The molecule has 0 aliphatic carbocycles. The van der Waals surface area contributed by atoms with Crippen molar-refractivity contribution in [2.75, 3.05) is 13.1 Å². The molecule has 0 bridgehead atoms. The minimum absolute atomic E-state index is 0.0653. The number of hydrogen-bond donors (Lipinski definition) is 3. The van der Waals surface area contributed by atoms with Crippen LogP contribution in [0.15, 0.2) is 40.6 Å². The Hall–Kier alpha value is -4.03. The molecule has 2 atom stereocenters. The van der Waals surface area contributed by atoms with Gasteiger partial charge in [0.05, 0.1) is 18.5 Å². The van der Waals surface area contributed by atoms with E-state index < -0.39 is 35.4 Å². The molecule has 13 nitrogen and oxygen atoms in total. The topological polar surface area (TPSA) is 182 Å². The second kappa shape index (κ2) is 16.0. The molecule has 240 valence electrons. The van der Waals surface area contributed by atoms with Crippen molar-refractivity contribution >= 4 is 29.8 Å². The number of hydrogen-bond acceptors (Lipinski definition) is 9. The molecule has 2 fully saturated rings. The van der Waals surface area contributed by atoms with Gasteiger partial charge in [0, 0.05) is 13.1 Å². The van der Waals surface area contributed by atoms with Crippen LogP contribution >= 0.6 is 0 Å². The maximum absolute atomic E-state index is 12.4. The first-order valence-electron chi connectivity index (χ1n) is 14.6. The number of rotatable bonds is 5. The molecule has 0 radical (unpaired) electrons. The van der Waals surface area contributed by atoms with Gasteiger partial charge in [-0.25, -0.2) is 14.4 Å². The normalized spacial score (nSPS) is 20.0. The maximum Gasteiger partial charge on any atom is 0.410 e. The van der Waals surface area contributed by atoms with Crippen LogP contribution in [0.1, 0.15) is 85.6 Å². The summed E-state index contributed by atoms with van der Waals surface area (Å²) in [6.07, 6.45) is 4.28. The Morgan fingerprint density at radius 2 is 1.28 bits per heavy atom. The minimum atomic E-state index is -0.590. The number of ether oxygens (including phenoxy) is 2. The Kier molecular flexibility index (Phi) is 13.1. The lowest BCUT2D eigenvalue weighted by molar-refractivity contribution is -0.142. The number of likely N-dealkylation sites (tertiary alicyclic amines) is 2. The Balaban J connectivity index is 0.000000329. The average molecular weight is 605 g/mol. The van der Waals surface area contributed by atoms with E-state index in [1.807, 2.05) is 71.9 Å². The van der Waals surface area contributed by atoms with Gasteiger partial charge in [0.25, 0.3) is 0 Å². The molecule has 2 saturated heterocycles. The number of nitrogens with two attached hydrogens (primary N) is 2. The molecule has 43 heavy (non-hydrogen) atoms. The zero-order chi connectivity index (χ0) is 32.2. The number of benzene rings is 1. The van der Waals surface area contributed by atoms with Gasteiger partial charge in [-0.3, -0.25) is 9.80 Å². The highest BCUT2D eigenvalue weighted by Crippen LogP contribution is 2.22. The van der Waals surface area contributed by atoms with Crippen molar-refractivity contribution in [1.29, 1.82) is 0 Å². The van der Waals surface area contributed by atoms with Gasteiger partial charge in [-0.1, -0.05) is 40.6 Å². The van der Waals surface area contributed by atoms with E-state index in [0.717, 1.165) is 31.2 Å². The summed E-state index contributed by atoms with van der Waals surface area (Å²) in [6, 6.07) is 8.45. The molecule has 2 amide bonds. The van der Waals surface area contributed by atoms with Gasteiger partial charge in [-0.05, 0) is 85.6 Å². The Morgan fingerprint density at radius 3 is 1.72 bits per heavy atom. The van der Waals surface area contributed by atoms with Gasteiger partial charge < -0.3 is 31.0 Å². The molecule has 3 rings (SSSR count). The molecule has 0 unspecified atom stereocenters. The highest BCUT2D eigenvalue weighted by atomic mass is 16.7. The standard InChI is InChI=1S/C19H27N3O4.C11H21N3O3/c1-19(2,3)25-18(24)22-12-8-7-11-15(22)17(20)21-26-16(23)13-14-9-5-4-6-10-14;1-11(2,3)17-10(15)14-7-5-4-6-8(14)9(12)13-16/h4-6,9-10,15H,7-8,11-13H2,1-3H3,(H2,20,21);8,16H,4-7H2,1-3H3,(H2,12,13)/t15-;8-/m00/s1. The highest BCUT2D eigenvalue weighted by Gasteiger charge is 2.34. The van der Waals surface area contributed by atoms with Crippen LogP contribution in [-0.2, 0) is 25.5 Å². The Labute approximate surface area is 254 Å². The number of carbonyl (C=O) groups excluding carboxylic acids is 3. The first-order valence-corrected chi connectivity index (χ1v) is 14.6. The van der Waals surface area contributed by atoms with Gasteiger partial charge in [-0.15, -0.1) is 0 Å². The summed E-state index contributed by atoms with van der Waals surface area (Å²) in [5.41, 5.74) is 11.3. The zero-order valence-electron chi connectivity index (χ0n) is 26.2. The summed E-state index contributed by atoms with van der Waals surface area (Å²) >= 11 is 0. The third-order valence-corrected chi connectivity index (χ3v) is 6.50. The van der Waals surface area contributed by atoms with Crippen LogP contribution in [0.4, 0.5) is 9.59 Å². The molecule has 2 aliphatic heterocycles. The zero-order valence-corrected chi connectivity index (χ0v) is 26.2. The SMILES string of the molecule is CC(C)(C)OC(=O)N1CCCC[C@H]1/C(N)=N/O.CC(C)(C)OC(=O)N1CCCC[C@H]1/C(N)=N/OC(=O)Cc1ccccc1. The number of carbonyl (C=O) groups is 3. The first kappa shape index (κ1) is 35.2. The van der Waals surface area contributed by atoms with Gasteiger partial charge in [-0.2, -0.15) is 0 Å². The minimum Gasteiger partial charge on any atom is -0.444 e. The highest BCUT2D eigenvalue weighted by molar-refractivity contribution is 5.89. The van der Waals surface area contributed by atoms with Crippen molar-refractivity contribution in [1.82, 2.24) is 9.80 Å². The van der Waals surface area contributed by atoms with Gasteiger partial charge in [0.2, 0.25) is 0 Å². The summed E-state index contributed by atoms with van der Waals surface area (Å²) < 4.78 is 10.7. The molecule has 0 spiro atoms. The van der Waals surface area contributed by atoms with Crippen molar-refractivity contribution in [3.8, 4) is 0 Å². The third kappa shape index (κ3) is 12.4.